The van der Waals surface area contributed by atoms with Gasteiger partial charge in [-0.05, 0) is 76.9 Å². The van der Waals surface area contributed by atoms with E-state index in [2.05, 4.69) is 48.7 Å². The molecule has 3 N–H and O–H groups in total. The molecule has 0 bridgehead atoms. The van der Waals surface area contributed by atoms with Gasteiger partial charge in [-0.25, -0.2) is 0 Å². The number of amides is 2. The minimum atomic E-state index is -0.495. The van der Waals surface area contributed by atoms with Crippen LogP contribution in [0.5, 0.6) is 0 Å². The minimum Gasteiger partial charge on any atom is -0.365 e. The number of nitrogens with one attached hydrogen (secondary N) is 1. The number of benzene rings is 1. The number of fused-ring (bicyclic) bond motifs is 1. The second kappa shape index (κ2) is 7.72. The van der Waals surface area contributed by atoms with E-state index in [4.69, 9.17) is 17.3 Å². The average Bonchev–Trinajstić information content (AvgIpc) is 2.93. The molecule has 2 aromatic rings. The van der Waals surface area contributed by atoms with Gasteiger partial charge in [0.25, 0.3) is 11.8 Å². The first-order valence-corrected chi connectivity index (χ1v) is 11.1. The highest BCUT2D eigenvalue weighted by Crippen LogP contribution is 2.44. The van der Waals surface area contributed by atoms with Crippen LogP contribution in [0.3, 0.4) is 0 Å². The maximum Gasteiger partial charge on any atom is 0.257 e. The molecular formula is C20H22ClIN2O2S. The molecule has 0 spiro atoms. The number of halogens is 2. The smallest absolute Gasteiger partial charge is 0.257 e. The third-order valence-corrected chi connectivity index (χ3v) is 7.31. The largest absolute Gasteiger partial charge is 0.365 e. The number of nitrogens with two attached hydrogens (primary N) is 1. The Morgan fingerprint density at radius 1 is 1.33 bits per heavy atom. The summed E-state index contributed by atoms with van der Waals surface area (Å²) in [5, 5.41) is 3.79. The van der Waals surface area contributed by atoms with Gasteiger partial charge >= 0.3 is 0 Å². The highest BCUT2D eigenvalue weighted by Gasteiger charge is 2.33. The van der Waals surface area contributed by atoms with Crippen LogP contribution in [0.25, 0.3) is 0 Å². The number of anilines is 1. The van der Waals surface area contributed by atoms with Crippen molar-refractivity contribution in [2.75, 3.05) is 5.32 Å². The van der Waals surface area contributed by atoms with Crippen molar-refractivity contribution >= 4 is 62.3 Å². The molecule has 0 radical (unpaired) electrons. The molecule has 0 aliphatic heterocycles. The molecule has 4 nitrogen and oxygen atoms in total. The first-order chi connectivity index (χ1) is 12.6. The van der Waals surface area contributed by atoms with Gasteiger partial charge in [0.15, 0.2) is 0 Å². The summed E-state index contributed by atoms with van der Waals surface area (Å²) in [5.41, 5.74) is 7.70. The maximum absolute atomic E-state index is 12.8. The van der Waals surface area contributed by atoms with Gasteiger partial charge in [0.2, 0.25) is 0 Å². The van der Waals surface area contributed by atoms with Gasteiger partial charge < -0.3 is 11.1 Å². The third kappa shape index (κ3) is 4.32. The van der Waals surface area contributed by atoms with Gasteiger partial charge in [-0.15, -0.1) is 11.3 Å². The molecule has 1 aliphatic carbocycles. The minimum absolute atomic E-state index is 0.201. The van der Waals surface area contributed by atoms with Crippen LogP contribution in [-0.4, -0.2) is 11.8 Å². The number of hydrogen-bond donors (Lipinski definition) is 2. The molecule has 1 atom stereocenters. The van der Waals surface area contributed by atoms with E-state index in [0.717, 1.165) is 33.3 Å². The summed E-state index contributed by atoms with van der Waals surface area (Å²) in [4.78, 5) is 26.0. The van der Waals surface area contributed by atoms with Crippen molar-refractivity contribution in [2.24, 2.45) is 17.1 Å². The Kier molecular flexibility index (Phi) is 5.89. The van der Waals surface area contributed by atoms with Crippen molar-refractivity contribution in [2.45, 2.75) is 40.0 Å². The molecule has 7 heteroatoms. The molecular weight excluding hydrogens is 495 g/mol. The fraction of sp³-hybridized carbons (Fsp3) is 0.400. The number of hydrogen-bond acceptors (Lipinski definition) is 3. The summed E-state index contributed by atoms with van der Waals surface area (Å²) >= 11 is 9.78. The lowest BCUT2D eigenvalue weighted by molar-refractivity contribution is 0.1000. The highest BCUT2D eigenvalue weighted by atomic mass is 127. The number of rotatable bonds is 3. The van der Waals surface area contributed by atoms with Crippen LogP contribution in [0.15, 0.2) is 18.2 Å². The van der Waals surface area contributed by atoms with E-state index in [9.17, 15) is 9.59 Å². The molecule has 0 saturated carbocycles. The van der Waals surface area contributed by atoms with Gasteiger partial charge in [0.1, 0.15) is 5.00 Å². The van der Waals surface area contributed by atoms with Crippen LogP contribution >= 0.6 is 45.5 Å². The first-order valence-electron chi connectivity index (χ1n) is 8.78. The van der Waals surface area contributed by atoms with Crippen molar-refractivity contribution < 1.29 is 9.59 Å². The monoisotopic (exact) mass is 516 g/mol. The number of thiophene rings is 1. The van der Waals surface area contributed by atoms with E-state index in [1.54, 1.807) is 12.1 Å². The Bertz CT molecular complexity index is 917. The fourth-order valence-corrected chi connectivity index (χ4v) is 5.54. The predicted octanol–water partition coefficient (Wildman–Crippen LogP) is 5.51. The summed E-state index contributed by atoms with van der Waals surface area (Å²) < 4.78 is 0.913. The second-order valence-corrected chi connectivity index (χ2v) is 10.7. The van der Waals surface area contributed by atoms with Crippen molar-refractivity contribution in [3.05, 3.63) is 48.4 Å². The Morgan fingerprint density at radius 2 is 2.04 bits per heavy atom. The Labute approximate surface area is 182 Å². The van der Waals surface area contributed by atoms with Crippen molar-refractivity contribution in [1.82, 2.24) is 0 Å². The van der Waals surface area contributed by atoms with E-state index in [0.29, 0.717) is 27.1 Å². The van der Waals surface area contributed by atoms with E-state index in [1.807, 2.05) is 6.07 Å². The Balaban J connectivity index is 1.95. The van der Waals surface area contributed by atoms with Crippen LogP contribution in [0.4, 0.5) is 5.00 Å². The molecule has 1 aromatic carbocycles. The first kappa shape index (κ1) is 20.6. The van der Waals surface area contributed by atoms with Gasteiger partial charge in [-0.2, -0.15) is 0 Å². The summed E-state index contributed by atoms with van der Waals surface area (Å²) in [6.07, 6.45) is 2.74. The lowest BCUT2D eigenvalue weighted by Crippen LogP contribution is -2.27. The molecule has 3 rings (SSSR count). The topological polar surface area (TPSA) is 72.2 Å². The quantitative estimate of drug-likeness (QED) is 0.528. The van der Waals surface area contributed by atoms with Gasteiger partial charge in [-0.1, -0.05) is 32.4 Å². The lowest BCUT2D eigenvalue weighted by atomic mass is 9.72. The van der Waals surface area contributed by atoms with Crippen LogP contribution < -0.4 is 11.1 Å². The zero-order chi connectivity index (χ0) is 19.9. The summed E-state index contributed by atoms with van der Waals surface area (Å²) in [5.74, 6) is -0.282. The lowest BCUT2D eigenvalue weighted by Gasteiger charge is -2.33. The van der Waals surface area contributed by atoms with E-state index in [-0.39, 0.29) is 11.3 Å². The average molecular weight is 517 g/mol. The summed E-state index contributed by atoms with van der Waals surface area (Å²) in [6.45, 7) is 6.73. The number of primary amides is 1. The zero-order valence-electron chi connectivity index (χ0n) is 15.5. The molecule has 2 amide bonds. The van der Waals surface area contributed by atoms with Crippen LogP contribution in [0, 0.1) is 14.9 Å². The van der Waals surface area contributed by atoms with E-state index >= 15 is 0 Å². The van der Waals surface area contributed by atoms with Gasteiger partial charge in [-0.3, -0.25) is 9.59 Å². The summed E-state index contributed by atoms with van der Waals surface area (Å²) in [6, 6.07) is 5.26. The molecule has 27 heavy (non-hydrogen) atoms. The number of carbonyl (C=O) groups is 2. The van der Waals surface area contributed by atoms with Crippen molar-refractivity contribution in [1.29, 1.82) is 0 Å². The fourth-order valence-electron chi connectivity index (χ4n) is 3.52. The highest BCUT2D eigenvalue weighted by molar-refractivity contribution is 14.1. The molecule has 1 aromatic heterocycles. The van der Waals surface area contributed by atoms with E-state index in [1.165, 1.54) is 11.3 Å². The zero-order valence-corrected chi connectivity index (χ0v) is 19.2. The molecule has 144 valence electrons. The standard InChI is InChI=1S/C20H22ClIN2O2S/c1-20(2,3)10-4-6-12-15(8-10)27-19(16(12)17(23)25)24-18(26)13-9-11(22)5-7-14(13)21/h5,7,9-10H,4,6,8H2,1-3H3,(H2,23,25)(H,24,26). The Morgan fingerprint density at radius 3 is 2.67 bits per heavy atom. The maximum atomic E-state index is 12.8. The van der Waals surface area contributed by atoms with Crippen LogP contribution in [-0.2, 0) is 12.8 Å². The van der Waals surface area contributed by atoms with Crippen molar-refractivity contribution in [3.8, 4) is 0 Å². The van der Waals surface area contributed by atoms with Gasteiger partial charge in [0, 0.05) is 8.45 Å². The van der Waals surface area contributed by atoms with E-state index < -0.39 is 5.91 Å². The van der Waals surface area contributed by atoms with Crippen molar-refractivity contribution in [3.63, 3.8) is 0 Å². The van der Waals surface area contributed by atoms with Crippen LogP contribution in [0.2, 0.25) is 5.02 Å². The molecule has 1 unspecified atom stereocenters. The summed E-state index contributed by atoms with van der Waals surface area (Å²) in [7, 11) is 0. The normalized spacial score (nSPS) is 16.7. The SMILES string of the molecule is CC(C)(C)C1CCc2c(sc(NC(=O)c3cc(I)ccc3Cl)c2C(N)=O)C1. The second-order valence-electron chi connectivity index (χ2n) is 7.96. The third-order valence-electron chi connectivity index (χ3n) is 5.14. The predicted molar refractivity (Wildman–Crippen MR) is 120 cm³/mol. The van der Waals surface area contributed by atoms with Gasteiger partial charge in [0.05, 0.1) is 16.1 Å². The molecule has 1 heterocycles. The molecule has 0 saturated heterocycles. The number of carbonyl (C=O) groups excluding carboxylic acids is 2. The van der Waals surface area contributed by atoms with Crippen LogP contribution in [0.1, 0.15) is 58.3 Å². The molecule has 1 aliphatic rings. The molecule has 0 fully saturated rings. The Hall–Kier alpha value is -1.12.